The summed E-state index contributed by atoms with van der Waals surface area (Å²) in [7, 11) is 0. The van der Waals surface area contributed by atoms with Crippen molar-refractivity contribution in [2.24, 2.45) is 0 Å². The van der Waals surface area contributed by atoms with Gasteiger partial charge in [-0.25, -0.2) is 0 Å². The number of nitrogen functional groups attached to an aromatic ring is 1. The van der Waals surface area contributed by atoms with Crippen LogP contribution in [0.5, 0.6) is 0 Å². The Kier molecular flexibility index (Phi) is 3.74. The van der Waals surface area contributed by atoms with Crippen molar-refractivity contribution in [3.63, 3.8) is 0 Å². The molecule has 0 spiro atoms. The van der Waals surface area contributed by atoms with Gasteiger partial charge in [-0.1, -0.05) is 19.3 Å². The molecule has 1 heterocycles. The molecule has 4 N–H and O–H groups in total. The molecule has 2 aromatic rings. The van der Waals surface area contributed by atoms with Gasteiger partial charge in [0, 0.05) is 34.5 Å². The largest absolute Gasteiger partial charge is 0.398 e. The summed E-state index contributed by atoms with van der Waals surface area (Å²) in [6.45, 7) is 0. The van der Waals surface area contributed by atoms with Crippen LogP contribution in [0.3, 0.4) is 0 Å². The number of benzene rings is 1. The van der Waals surface area contributed by atoms with Gasteiger partial charge in [-0.05, 0) is 31.0 Å². The maximum absolute atomic E-state index is 10.2. The fraction of sp³-hybridized carbons (Fsp3) is 0.438. The summed E-state index contributed by atoms with van der Waals surface area (Å²) in [6, 6.07) is 5.99. The second kappa shape index (κ2) is 5.67. The molecule has 1 fully saturated rings. The minimum atomic E-state index is -0.271. The molecule has 0 saturated heterocycles. The van der Waals surface area contributed by atoms with E-state index in [9.17, 15) is 5.11 Å². The first-order chi connectivity index (χ1) is 9.75. The average molecular weight is 271 g/mol. The SMILES string of the molecule is Nc1ccc(NC2CCCCCC2O)c2ccncc12. The van der Waals surface area contributed by atoms with Crippen LogP contribution in [0.1, 0.15) is 32.1 Å². The number of aliphatic hydroxyl groups is 1. The van der Waals surface area contributed by atoms with E-state index < -0.39 is 0 Å². The van der Waals surface area contributed by atoms with Crippen LogP contribution in [-0.4, -0.2) is 22.2 Å². The molecule has 4 heteroatoms. The Morgan fingerprint density at radius 2 is 1.95 bits per heavy atom. The maximum Gasteiger partial charge on any atom is 0.0741 e. The van der Waals surface area contributed by atoms with E-state index in [2.05, 4.69) is 10.3 Å². The summed E-state index contributed by atoms with van der Waals surface area (Å²) >= 11 is 0. The molecule has 1 saturated carbocycles. The lowest BCUT2D eigenvalue weighted by molar-refractivity contribution is 0.144. The molecule has 0 amide bonds. The van der Waals surface area contributed by atoms with Gasteiger partial charge in [-0.2, -0.15) is 0 Å². The lowest BCUT2D eigenvalue weighted by Crippen LogP contribution is -2.32. The fourth-order valence-corrected chi connectivity index (χ4v) is 2.99. The number of rotatable bonds is 2. The Morgan fingerprint density at radius 3 is 2.85 bits per heavy atom. The van der Waals surface area contributed by atoms with Crippen molar-refractivity contribution in [1.82, 2.24) is 4.98 Å². The Hall–Kier alpha value is -1.81. The molecule has 0 radical (unpaired) electrons. The number of nitrogens with two attached hydrogens (primary N) is 1. The monoisotopic (exact) mass is 271 g/mol. The van der Waals surface area contributed by atoms with Crippen LogP contribution in [0, 0.1) is 0 Å². The number of anilines is 2. The van der Waals surface area contributed by atoms with E-state index in [-0.39, 0.29) is 12.1 Å². The van der Waals surface area contributed by atoms with Crippen molar-refractivity contribution in [2.45, 2.75) is 44.2 Å². The highest BCUT2D eigenvalue weighted by Gasteiger charge is 2.21. The van der Waals surface area contributed by atoms with Crippen LogP contribution in [0.15, 0.2) is 30.6 Å². The van der Waals surface area contributed by atoms with E-state index in [1.54, 1.807) is 12.4 Å². The first-order valence-electron chi connectivity index (χ1n) is 7.32. The number of nitrogens with one attached hydrogen (secondary N) is 1. The first kappa shape index (κ1) is 13.2. The van der Waals surface area contributed by atoms with E-state index in [0.717, 1.165) is 41.4 Å². The number of aromatic nitrogens is 1. The quantitative estimate of drug-likeness (QED) is 0.580. The Labute approximate surface area is 119 Å². The molecule has 2 unspecified atom stereocenters. The van der Waals surface area contributed by atoms with Gasteiger partial charge in [0.2, 0.25) is 0 Å². The Morgan fingerprint density at radius 1 is 1.10 bits per heavy atom. The van der Waals surface area contributed by atoms with E-state index in [4.69, 9.17) is 5.73 Å². The van der Waals surface area contributed by atoms with Crippen molar-refractivity contribution >= 4 is 22.1 Å². The minimum Gasteiger partial charge on any atom is -0.398 e. The van der Waals surface area contributed by atoms with Gasteiger partial charge >= 0.3 is 0 Å². The Bertz CT molecular complexity index is 599. The second-order valence-corrected chi connectivity index (χ2v) is 5.58. The molecule has 1 aliphatic carbocycles. The van der Waals surface area contributed by atoms with Gasteiger partial charge in [-0.3, -0.25) is 4.98 Å². The fourth-order valence-electron chi connectivity index (χ4n) is 2.99. The Balaban J connectivity index is 1.92. The summed E-state index contributed by atoms with van der Waals surface area (Å²) in [5.74, 6) is 0. The molecule has 4 nitrogen and oxygen atoms in total. The minimum absolute atomic E-state index is 0.123. The van der Waals surface area contributed by atoms with Crippen LogP contribution in [0.4, 0.5) is 11.4 Å². The zero-order valence-corrected chi connectivity index (χ0v) is 11.5. The van der Waals surface area contributed by atoms with Gasteiger partial charge in [-0.15, -0.1) is 0 Å². The summed E-state index contributed by atoms with van der Waals surface area (Å²) in [4.78, 5) is 4.13. The predicted molar refractivity (Wildman–Crippen MR) is 82.7 cm³/mol. The normalized spacial score (nSPS) is 23.4. The van der Waals surface area contributed by atoms with Gasteiger partial charge in [0.25, 0.3) is 0 Å². The molecular weight excluding hydrogens is 250 g/mol. The number of fused-ring (bicyclic) bond motifs is 1. The van der Waals surface area contributed by atoms with E-state index in [1.165, 1.54) is 12.8 Å². The molecule has 2 atom stereocenters. The van der Waals surface area contributed by atoms with Crippen molar-refractivity contribution in [1.29, 1.82) is 0 Å². The maximum atomic E-state index is 10.2. The molecule has 20 heavy (non-hydrogen) atoms. The standard InChI is InChI=1S/C16H21N3O/c17-13-6-7-14(11-8-9-18-10-12(11)13)19-15-4-2-1-3-5-16(15)20/h6-10,15-16,19-20H,1-5,17H2. The van der Waals surface area contributed by atoms with Gasteiger partial charge < -0.3 is 16.2 Å². The number of hydrogen-bond donors (Lipinski definition) is 3. The molecule has 3 rings (SSSR count). The van der Waals surface area contributed by atoms with E-state index >= 15 is 0 Å². The summed E-state index contributed by atoms with van der Waals surface area (Å²) in [5.41, 5.74) is 7.76. The lowest BCUT2D eigenvalue weighted by atomic mass is 10.0. The third kappa shape index (κ3) is 2.56. The molecule has 0 aliphatic heterocycles. The number of hydrogen-bond acceptors (Lipinski definition) is 4. The number of aliphatic hydroxyl groups excluding tert-OH is 1. The first-order valence-corrected chi connectivity index (χ1v) is 7.32. The second-order valence-electron chi connectivity index (χ2n) is 5.58. The van der Waals surface area contributed by atoms with Crippen LogP contribution >= 0.6 is 0 Å². The van der Waals surface area contributed by atoms with Crippen molar-refractivity contribution in [2.75, 3.05) is 11.1 Å². The van der Waals surface area contributed by atoms with E-state index in [0.29, 0.717) is 0 Å². The molecule has 1 aromatic carbocycles. The third-order valence-electron chi connectivity index (χ3n) is 4.17. The topological polar surface area (TPSA) is 71.2 Å². The zero-order valence-electron chi connectivity index (χ0n) is 11.5. The number of nitrogens with zero attached hydrogens (tertiary/aromatic N) is 1. The number of pyridine rings is 1. The van der Waals surface area contributed by atoms with Crippen molar-refractivity contribution in [3.05, 3.63) is 30.6 Å². The van der Waals surface area contributed by atoms with Crippen LogP contribution in [0.2, 0.25) is 0 Å². The van der Waals surface area contributed by atoms with Crippen molar-refractivity contribution < 1.29 is 5.11 Å². The molecule has 106 valence electrons. The summed E-state index contributed by atoms with van der Waals surface area (Å²) < 4.78 is 0. The van der Waals surface area contributed by atoms with Crippen LogP contribution < -0.4 is 11.1 Å². The van der Waals surface area contributed by atoms with Gasteiger partial charge in [0.1, 0.15) is 0 Å². The molecule has 0 bridgehead atoms. The predicted octanol–water partition coefficient (Wildman–Crippen LogP) is 2.92. The zero-order chi connectivity index (χ0) is 13.9. The molecular formula is C16H21N3O. The average Bonchev–Trinajstić information content (AvgIpc) is 2.67. The lowest BCUT2D eigenvalue weighted by Gasteiger charge is -2.24. The van der Waals surface area contributed by atoms with E-state index in [1.807, 2.05) is 18.2 Å². The van der Waals surface area contributed by atoms with Gasteiger partial charge in [0.05, 0.1) is 12.1 Å². The highest BCUT2D eigenvalue weighted by Crippen LogP contribution is 2.30. The summed E-state index contributed by atoms with van der Waals surface area (Å²) in [5, 5.41) is 15.8. The van der Waals surface area contributed by atoms with Crippen LogP contribution in [-0.2, 0) is 0 Å². The highest BCUT2D eigenvalue weighted by atomic mass is 16.3. The van der Waals surface area contributed by atoms with Crippen LogP contribution in [0.25, 0.3) is 10.8 Å². The van der Waals surface area contributed by atoms with Gasteiger partial charge in [0.15, 0.2) is 0 Å². The molecule has 1 aromatic heterocycles. The molecule has 1 aliphatic rings. The van der Waals surface area contributed by atoms with Crippen molar-refractivity contribution in [3.8, 4) is 0 Å². The summed E-state index contributed by atoms with van der Waals surface area (Å²) in [6.07, 6.45) is 8.68. The third-order valence-corrected chi connectivity index (χ3v) is 4.17. The highest BCUT2D eigenvalue weighted by molar-refractivity contribution is 6.00. The smallest absolute Gasteiger partial charge is 0.0741 e.